The van der Waals surface area contributed by atoms with Crippen LogP contribution in [0.2, 0.25) is 0 Å². The van der Waals surface area contributed by atoms with Crippen LogP contribution in [0.25, 0.3) is 5.69 Å². The predicted molar refractivity (Wildman–Crippen MR) is 115 cm³/mol. The van der Waals surface area contributed by atoms with Crippen LogP contribution in [0.3, 0.4) is 0 Å². The van der Waals surface area contributed by atoms with Gasteiger partial charge in [-0.1, -0.05) is 18.7 Å². The molecule has 8 nitrogen and oxygen atoms in total. The van der Waals surface area contributed by atoms with Crippen molar-refractivity contribution in [1.29, 1.82) is 5.26 Å². The van der Waals surface area contributed by atoms with E-state index in [1.807, 2.05) is 0 Å². The lowest BCUT2D eigenvalue weighted by molar-refractivity contribution is -0.274. The number of halogens is 3. The zero-order valence-corrected chi connectivity index (χ0v) is 18.9. The molecule has 1 aliphatic rings. The van der Waals surface area contributed by atoms with Crippen LogP contribution in [-0.4, -0.2) is 38.2 Å². The number of fused-ring (bicyclic) bond motifs is 1. The molecule has 1 aliphatic carbocycles. The van der Waals surface area contributed by atoms with Crippen LogP contribution < -0.4 is 10.1 Å². The Morgan fingerprint density at radius 2 is 2.15 bits per heavy atom. The number of tetrazole rings is 1. The second-order valence-corrected chi connectivity index (χ2v) is 9.47. The molecule has 0 spiro atoms. The number of hydrogen-bond acceptors (Lipinski definition) is 8. The summed E-state index contributed by atoms with van der Waals surface area (Å²) >= 11 is 2.51. The zero-order valence-electron chi connectivity index (χ0n) is 17.2. The molecule has 172 valence electrons. The van der Waals surface area contributed by atoms with E-state index in [0.29, 0.717) is 22.2 Å². The van der Waals surface area contributed by atoms with Gasteiger partial charge in [0.15, 0.2) is 0 Å². The first kappa shape index (κ1) is 23.1. The highest BCUT2D eigenvalue weighted by Crippen LogP contribution is 2.39. The fraction of sp³-hybridized carbons (Fsp3) is 0.350. The molecule has 13 heteroatoms. The molecule has 1 N–H and O–H groups in total. The van der Waals surface area contributed by atoms with Crippen LogP contribution in [-0.2, 0) is 17.6 Å². The lowest BCUT2D eigenvalue weighted by atomic mass is 9.89. The Morgan fingerprint density at radius 1 is 1.39 bits per heavy atom. The van der Waals surface area contributed by atoms with Crippen LogP contribution in [0.4, 0.5) is 18.2 Å². The van der Waals surface area contributed by atoms with Crippen LogP contribution in [0.15, 0.2) is 29.4 Å². The first-order valence-electron chi connectivity index (χ1n) is 9.85. The Morgan fingerprint density at radius 3 is 2.85 bits per heavy atom. The topological polar surface area (TPSA) is 106 Å². The number of alkyl halides is 3. The largest absolute Gasteiger partial charge is 0.573 e. The van der Waals surface area contributed by atoms with Gasteiger partial charge in [-0.15, -0.1) is 29.6 Å². The van der Waals surface area contributed by atoms with Gasteiger partial charge < -0.3 is 10.1 Å². The Bertz CT molecular complexity index is 1200. The Labute approximate surface area is 194 Å². The van der Waals surface area contributed by atoms with Gasteiger partial charge in [-0.3, -0.25) is 4.79 Å². The molecule has 0 fully saturated rings. The molecule has 1 atom stereocenters. The normalized spacial score (nSPS) is 15.5. The van der Waals surface area contributed by atoms with Crippen molar-refractivity contribution in [2.24, 2.45) is 5.92 Å². The minimum Gasteiger partial charge on any atom is -0.406 e. The van der Waals surface area contributed by atoms with Gasteiger partial charge in [0.2, 0.25) is 11.1 Å². The molecular formula is C20H17F3N6O2S2. The van der Waals surface area contributed by atoms with Gasteiger partial charge in [0.25, 0.3) is 0 Å². The van der Waals surface area contributed by atoms with Gasteiger partial charge in [-0.2, -0.15) is 9.94 Å². The number of anilines is 1. The summed E-state index contributed by atoms with van der Waals surface area (Å²) in [4.78, 5) is 13.7. The molecule has 0 saturated carbocycles. The number of benzene rings is 1. The molecule has 0 radical (unpaired) electrons. The number of thioether (sulfide) groups is 1. The number of amides is 1. The Hall–Kier alpha value is -3.11. The van der Waals surface area contributed by atoms with E-state index in [-0.39, 0.29) is 22.6 Å². The standard InChI is InChI=1S/C20H17F3N6O2S2/c1-11-2-7-14-15(9-24)18(33-16(14)8-11)25-17(30)10-32-19-26-27-28-29(19)12-3-5-13(6-4-12)31-20(21,22)23/h3-6,11H,2,7-8,10H2,1H3,(H,25,30)/t11-/m1/s1. The highest BCUT2D eigenvalue weighted by Gasteiger charge is 2.31. The van der Waals surface area contributed by atoms with Crippen molar-refractivity contribution in [1.82, 2.24) is 20.2 Å². The maximum atomic E-state index is 12.5. The summed E-state index contributed by atoms with van der Waals surface area (Å²) in [6.07, 6.45) is -2.02. The molecule has 0 saturated heterocycles. The van der Waals surface area contributed by atoms with E-state index in [0.717, 1.165) is 53.6 Å². The number of aromatic nitrogens is 4. The lowest BCUT2D eigenvalue weighted by Crippen LogP contribution is -2.17. The van der Waals surface area contributed by atoms with Gasteiger partial charge in [0, 0.05) is 4.88 Å². The van der Waals surface area contributed by atoms with E-state index >= 15 is 0 Å². The second kappa shape index (κ2) is 9.40. The van der Waals surface area contributed by atoms with Crippen molar-refractivity contribution < 1.29 is 22.7 Å². The van der Waals surface area contributed by atoms with Gasteiger partial charge in [0.05, 0.1) is 17.0 Å². The van der Waals surface area contributed by atoms with E-state index in [1.54, 1.807) is 0 Å². The summed E-state index contributed by atoms with van der Waals surface area (Å²) in [6, 6.07) is 7.26. The predicted octanol–water partition coefficient (Wildman–Crippen LogP) is 4.35. The second-order valence-electron chi connectivity index (χ2n) is 7.42. The Balaban J connectivity index is 1.41. The van der Waals surface area contributed by atoms with Crippen molar-refractivity contribution in [2.45, 2.75) is 37.7 Å². The van der Waals surface area contributed by atoms with Crippen molar-refractivity contribution in [3.63, 3.8) is 0 Å². The molecule has 2 aromatic heterocycles. The third-order valence-corrected chi connectivity index (χ3v) is 7.05. The summed E-state index contributed by atoms with van der Waals surface area (Å²) in [5.74, 6) is -0.143. The first-order valence-corrected chi connectivity index (χ1v) is 11.7. The fourth-order valence-electron chi connectivity index (χ4n) is 3.47. The zero-order chi connectivity index (χ0) is 23.6. The van der Waals surface area contributed by atoms with Crippen LogP contribution >= 0.6 is 23.1 Å². The minimum absolute atomic E-state index is 0.0144. The van der Waals surface area contributed by atoms with E-state index in [1.165, 1.54) is 28.2 Å². The highest BCUT2D eigenvalue weighted by molar-refractivity contribution is 7.99. The Kier molecular flexibility index (Phi) is 6.57. The monoisotopic (exact) mass is 494 g/mol. The van der Waals surface area contributed by atoms with Crippen molar-refractivity contribution in [3.8, 4) is 17.5 Å². The van der Waals surface area contributed by atoms with Gasteiger partial charge in [-0.25, -0.2) is 0 Å². The highest BCUT2D eigenvalue weighted by atomic mass is 32.2. The molecule has 0 aliphatic heterocycles. The first-order chi connectivity index (χ1) is 15.7. The molecule has 33 heavy (non-hydrogen) atoms. The smallest absolute Gasteiger partial charge is 0.406 e. The van der Waals surface area contributed by atoms with Crippen LogP contribution in [0.5, 0.6) is 5.75 Å². The lowest BCUT2D eigenvalue weighted by Gasteiger charge is -2.17. The number of rotatable bonds is 6. The maximum absolute atomic E-state index is 12.5. The van der Waals surface area contributed by atoms with E-state index in [4.69, 9.17) is 0 Å². The maximum Gasteiger partial charge on any atom is 0.573 e. The summed E-state index contributed by atoms with van der Waals surface area (Å²) in [6.45, 7) is 2.17. The van der Waals surface area contributed by atoms with Gasteiger partial charge in [0.1, 0.15) is 16.8 Å². The molecule has 3 aromatic rings. The summed E-state index contributed by atoms with van der Waals surface area (Å²) in [5, 5.41) is 24.5. The molecule has 2 heterocycles. The number of ether oxygens (including phenoxy) is 1. The number of nitriles is 1. The average molecular weight is 495 g/mol. The molecule has 1 amide bonds. The third kappa shape index (κ3) is 5.45. The molecular weight excluding hydrogens is 477 g/mol. The fourth-order valence-corrected chi connectivity index (χ4v) is 5.54. The molecule has 0 bridgehead atoms. The number of carbonyl (C=O) groups is 1. The number of nitrogens with zero attached hydrogens (tertiary/aromatic N) is 5. The van der Waals surface area contributed by atoms with E-state index in [9.17, 15) is 23.2 Å². The van der Waals surface area contributed by atoms with Crippen molar-refractivity contribution in [2.75, 3.05) is 11.1 Å². The minimum atomic E-state index is -4.78. The van der Waals surface area contributed by atoms with E-state index in [2.05, 4.69) is 38.6 Å². The number of hydrogen-bond donors (Lipinski definition) is 1. The molecule has 0 unspecified atom stereocenters. The van der Waals surface area contributed by atoms with Crippen LogP contribution in [0.1, 0.15) is 29.3 Å². The number of thiophene rings is 1. The van der Waals surface area contributed by atoms with E-state index < -0.39 is 6.36 Å². The SMILES string of the molecule is C[C@@H]1CCc2c(sc(NC(=O)CSc3nnnn3-c3ccc(OC(F)(F)F)cc3)c2C#N)C1. The molecule has 1 aromatic carbocycles. The number of carbonyl (C=O) groups excluding carboxylic acids is 1. The summed E-state index contributed by atoms with van der Waals surface area (Å²) < 4.78 is 42.1. The van der Waals surface area contributed by atoms with Crippen LogP contribution in [0, 0.1) is 17.2 Å². The summed E-state index contributed by atoms with van der Waals surface area (Å²) in [5.41, 5.74) is 1.97. The molecule has 4 rings (SSSR count). The van der Waals surface area contributed by atoms with Crippen molar-refractivity contribution >= 4 is 34.0 Å². The third-order valence-electron chi connectivity index (χ3n) is 4.96. The summed E-state index contributed by atoms with van der Waals surface area (Å²) in [7, 11) is 0. The van der Waals surface area contributed by atoms with Crippen molar-refractivity contribution in [3.05, 3.63) is 40.3 Å². The van der Waals surface area contributed by atoms with Gasteiger partial charge in [-0.05, 0) is 65.4 Å². The quantitative estimate of drug-likeness (QED) is 0.508. The number of nitrogens with one attached hydrogen (secondary N) is 1. The van der Waals surface area contributed by atoms with Gasteiger partial charge >= 0.3 is 6.36 Å². The average Bonchev–Trinajstić information content (AvgIpc) is 3.35.